The van der Waals surface area contributed by atoms with Crippen molar-refractivity contribution in [3.63, 3.8) is 0 Å². The smallest absolute Gasteiger partial charge is 0.384 e. The fraction of sp³-hybridized carbons (Fsp3) is 0.200. The summed E-state index contributed by atoms with van der Waals surface area (Å²) in [6.07, 6.45) is -3.93. The number of nitrogens with two attached hydrogens (primary N) is 1. The molecule has 24 heavy (non-hydrogen) atoms. The van der Waals surface area contributed by atoms with Crippen molar-refractivity contribution >= 4 is 27.1 Å². The molecule has 1 heterocycles. The number of fused-ring (bicyclic) bond motifs is 1. The van der Waals surface area contributed by atoms with Gasteiger partial charge in [-0.2, -0.15) is 13.2 Å². The monoisotopic (exact) mass is 357 g/mol. The first-order valence-corrected chi connectivity index (χ1v) is 8.57. The number of rotatable bonds is 3. The Morgan fingerprint density at radius 2 is 1.75 bits per heavy atom. The molecule has 0 saturated heterocycles. The van der Waals surface area contributed by atoms with Crippen LogP contribution in [0, 0.1) is 0 Å². The summed E-state index contributed by atoms with van der Waals surface area (Å²) in [6, 6.07) is 8.28. The van der Waals surface area contributed by atoms with Crippen LogP contribution in [0.4, 0.5) is 30.2 Å². The van der Waals surface area contributed by atoms with Crippen molar-refractivity contribution in [2.75, 3.05) is 17.2 Å². The van der Waals surface area contributed by atoms with Crippen molar-refractivity contribution in [2.24, 2.45) is 5.14 Å². The second-order valence-corrected chi connectivity index (χ2v) is 6.96. The van der Waals surface area contributed by atoms with Crippen molar-refractivity contribution in [1.82, 2.24) is 0 Å². The van der Waals surface area contributed by atoms with E-state index in [4.69, 9.17) is 5.14 Å². The molecule has 0 atom stereocenters. The van der Waals surface area contributed by atoms with Gasteiger partial charge in [0.15, 0.2) is 0 Å². The summed E-state index contributed by atoms with van der Waals surface area (Å²) in [6.45, 7) is 0.820. The number of halogens is 3. The largest absolute Gasteiger partial charge is 0.417 e. The Balaban J connectivity index is 1.98. The molecule has 0 aliphatic carbocycles. The van der Waals surface area contributed by atoms with Gasteiger partial charge in [0.2, 0.25) is 10.0 Å². The van der Waals surface area contributed by atoms with Crippen molar-refractivity contribution in [2.45, 2.75) is 17.5 Å². The van der Waals surface area contributed by atoms with Gasteiger partial charge in [-0.05, 0) is 42.3 Å². The SMILES string of the molecule is NS(=O)(=O)c1ccc(Nc2ccc3c(c2)NCC3)cc1C(F)(F)F. The Morgan fingerprint density at radius 3 is 2.42 bits per heavy atom. The number of nitrogens with one attached hydrogen (secondary N) is 2. The Bertz CT molecular complexity index is 895. The minimum Gasteiger partial charge on any atom is -0.384 e. The van der Waals surface area contributed by atoms with E-state index in [1.165, 1.54) is 6.07 Å². The van der Waals surface area contributed by atoms with Gasteiger partial charge in [-0.1, -0.05) is 6.07 Å². The van der Waals surface area contributed by atoms with Crippen molar-refractivity contribution in [3.05, 3.63) is 47.5 Å². The molecule has 0 saturated carbocycles. The Kier molecular flexibility index (Phi) is 3.92. The molecule has 0 unspecified atom stereocenters. The summed E-state index contributed by atoms with van der Waals surface area (Å²) in [4.78, 5) is -0.948. The first-order valence-electron chi connectivity index (χ1n) is 7.02. The summed E-state index contributed by atoms with van der Waals surface area (Å²) in [5, 5.41) is 10.9. The topological polar surface area (TPSA) is 84.2 Å². The van der Waals surface area contributed by atoms with Crippen LogP contribution in [0.1, 0.15) is 11.1 Å². The molecule has 128 valence electrons. The zero-order valence-corrected chi connectivity index (χ0v) is 13.1. The molecule has 0 fully saturated rings. The fourth-order valence-corrected chi connectivity index (χ4v) is 3.35. The Morgan fingerprint density at radius 1 is 1.08 bits per heavy atom. The van der Waals surface area contributed by atoms with Crippen molar-refractivity contribution < 1.29 is 21.6 Å². The quantitative estimate of drug-likeness (QED) is 0.788. The average Bonchev–Trinajstić information content (AvgIpc) is 2.92. The van der Waals surface area contributed by atoms with Gasteiger partial charge in [0.05, 0.1) is 10.5 Å². The molecule has 2 aromatic carbocycles. The maximum absolute atomic E-state index is 13.1. The third-order valence-corrected chi connectivity index (χ3v) is 4.67. The first-order chi connectivity index (χ1) is 11.1. The Hall–Kier alpha value is -2.26. The highest BCUT2D eigenvalue weighted by Crippen LogP contribution is 2.36. The van der Waals surface area contributed by atoms with Gasteiger partial charge in [-0.3, -0.25) is 0 Å². The van der Waals surface area contributed by atoms with E-state index in [-0.39, 0.29) is 5.69 Å². The molecule has 1 aliphatic heterocycles. The molecular weight excluding hydrogens is 343 g/mol. The van der Waals surface area contributed by atoms with Crippen molar-refractivity contribution in [3.8, 4) is 0 Å². The highest BCUT2D eigenvalue weighted by atomic mass is 32.2. The third-order valence-electron chi connectivity index (χ3n) is 3.70. The van der Waals surface area contributed by atoms with Crippen LogP contribution in [0.2, 0.25) is 0 Å². The molecule has 2 aromatic rings. The predicted octanol–water partition coefficient (Wildman–Crippen LogP) is 3.06. The number of sulfonamides is 1. The summed E-state index contributed by atoms with van der Waals surface area (Å²) in [5.74, 6) is 0. The van der Waals surface area contributed by atoms with Gasteiger partial charge in [-0.25, -0.2) is 13.6 Å². The number of primary sulfonamides is 1. The molecule has 0 bridgehead atoms. The van der Waals surface area contributed by atoms with E-state index < -0.39 is 26.7 Å². The van der Waals surface area contributed by atoms with Gasteiger partial charge < -0.3 is 10.6 Å². The maximum Gasteiger partial charge on any atom is 0.417 e. The van der Waals surface area contributed by atoms with Crippen LogP contribution in [0.3, 0.4) is 0 Å². The normalized spacial score (nSPS) is 14.2. The lowest BCUT2D eigenvalue weighted by atomic mass is 10.1. The number of anilines is 3. The average molecular weight is 357 g/mol. The van der Waals surface area contributed by atoms with E-state index in [1.54, 1.807) is 12.1 Å². The van der Waals surface area contributed by atoms with E-state index in [9.17, 15) is 21.6 Å². The second kappa shape index (κ2) is 5.67. The lowest BCUT2D eigenvalue weighted by Crippen LogP contribution is -2.19. The fourth-order valence-electron chi connectivity index (χ4n) is 2.61. The lowest BCUT2D eigenvalue weighted by Gasteiger charge is -2.14. The summed E-state index contributed by atoms with van der Waals surface area (Å²) < 4.78 is 62.1. The van der Waals surface area contributed by atoms with Crippen LogP contribution in [0.5, 0.6) is 0 Å². The molecule has 9 heteroatoms. The molecule has 5 nitrogen and oxygen atoms in total. The number of benzene rings is 2. The van der Waals surface area contributed by atoms with E-state index in [2.05, 4.69) is 10.6 Å². The number of hydrogen-bond donors (Lipinski definition) is 3. The zero-order valence-electron chi connectivity index (χ0n) is 12.3. The Labute approximate surface area is 136 Å². The molecule has 4 N–H and O–H groups in total. The van der Waals surface area contributed by atoms with Gasteiger partial charge in [0.25, 0.3) is 0 Å². The summed E-state index contributed by atoms with van der Waals surface area (Å²) in [7, 11) is -4.47. The molecule has 0 radical (unpaired) electrons. The standard InChI is InChI=1S/C15H14F3N3O2S/c16-15(17,18)12-7-10(3-4-14(12)24(19,22)23)21-11-2-1-9-5-6-20-13(9)8-11/h1-4,7-8,20-21H,5-6H2,(H2,19,22,23). The molecule has 0 amide bonds. The maximum atomic E-state index is 13.1. The number of hydrogen-bond acceptors (Lipinski definition) is 4. The second-order valence-electron chi connectivity index (χ2n) is 5.43. The molecule has 0 spiro atoms. The lowest BCUT2D eigenvalue weighted by molar-refractivity contribution is -0.139. The number of alkyl halides is 3. The van der Waals surface area contributed by atoms with Crippen LogP contribution >= 0.6 is 0 Å². The van der Waals surface area contributed by atoms with Crippen LogP contribution < -0.4 is 15.8 Å². The van der Waals surface area contributed by atoms with Gasteiger partial charge in [-0.15, -0.1) is 0 Å². The molecule has 3 rings (SSSR count). The molecule has 0 aromatic heterocycles. The van der Waals surface area contributed by atoms with Gasteiger partial charge >= 0.3 is 6.18 Å². The van der Waals surface area contributed by atoms with Gasteiger partial charge in [0, 0.05) is 23.6 Å². The van der Waals surface area contributed by atoms with E-state index in [1.807, 2.05) is 6.07 Å². The van der Waals surface area contributed by atoms with E-state index in [0.29, 0.717) is 5.69 Å². The highest BCUT2D eigenvalue weighted by Gasteiger charge is 2.36. The van der Waals surface area contributed by atoms with Crippen LogP contribution in [-0.4, -0.2) is 15.0 Å². The van der Waals surface area contributed by atoms with Crippen LogP contribution in [0.15, 0.2) is 41.3 Å². The minimum absolute atomic E-state index is 0.118. The molecule has 1 aliphatic rings. The summed E-state index contributed by atoms with van der Waals surface area (Å²) >= 11 is 0. The van der Waals surface area contributed by atoms with E-state index >= 15 is 0 Å². The first kappa shape index (κ1) is 16.6. The minimum atomic E-state index is -4.83. The van der Waals surface area contributed by atoms with Crippen LogP contribution in [-0.2, 0) is 22.6 Å². The predicted molar refractivity (Wildman–Crippen MR) is 84.7 cm³/mol. The van der Waals surface area contributed by atoms with Crippen molar-refractivity contribution in [1.29, 1.82) is 0 Å². The molecular formula is C15H14F3N3O2S. The third kappa shape index (κ3) is 3.31. The zero-order chi connectivity index (χ0) is 17.5. The van der Waals surface area contributed by atoms with E-state index in [0.717, 1.165) is 36.3 Å². The highest BCUT2D eigenvalue weighted by molar-refractivity contribution is 7.89. The van der Waals surface area contributed by atoms with Gasteiger partial charge in [0.1, 0.15) is 0 Å². The summed E-state index contributed by atoms with van der Waals surface area (Å²) in [5.41, 5.74) is 1.49. The van der Waals surface area contributed by atoms with Crippen LogP contribution in [0.25, 0.3) is 0 Å².